The molecule has 22 heavy (non-hydrogen) atoms. The van der Waals surface area contributed by atoms with E-state index in [2.05, 4.69) is 10.1 Å². The first-order valence-corrected chi connectivity index (χ1v) is 7.68. The van der Waals surface area contributed by atoms with Crippen LogP contribution in [0.1, 0.15) is 36.1 Å². The van der Waals surface area contributed by atoms with Crippen molar-refractivity contribution in [1.82, 2.24) is 10.1 Å². The second-order valence-corrected chi connectivity index (χ2v) is 5.77. The average molecular weight is 306 g/mol. The van der Waals surface area contributed by atoms with Gasteiger partial charge in [-0.1, -0.05) is 5.16 Å². The molecular weight excluding hydrogens is 284 g/mol. The molecule has 120 valence electrons. The minimum Gasteiger partial charge on any atom is -0.467 e. The summed E-state index contributed by atoms with van der Waals surface area (Å²) in [6.07, 6.45) is 3.22. The Labute approximate surface area is 129 Å². The maximum Gasteiger partial charge on any atom is 0.154 e. The molecule has 6 nitrogen and oxygen atoms in total. The zero-order valence-corrected chi connectivity index (χ0v) is 12.8. The van der Waals surface area contributed by atoms with E-state index in [1.54, 1.807) is 6.26 Å². The van der Waals surface area contributed by atoms with Gasteiger partial charge in [-0.25, -0.2) is 0 Å². The smallest absolute Gasteiger partial charge is 0.154 e. The summed E-state index contributed by atoms with van der Waals surface area (Å²) in [4.78, 5) is 2.24. The molecule has 0 amide bonds. The van der Waals surface area contributed by atoms with E-state index >= 15 is 0 Å². The Morgan fingerprint density at radius 3 is 3.18 bits per heavy atom. The molecular formula is C16H22N2O4. The van der Waals surface area contributed by atoms with Gasteiger partial charge in [0.25, 0.3) is 0 Å². The molecule has 3 rings (SSSR count). The van der Waals surface area contributed by atoms with E-state index in [4.69, 9.17) is 13.7 Å². The molecule has 1 aliphatic heterocycles. The zero-order valence-electron chi connectivity index (χ0n) is 12.8. The number of β-amino-alcohol motifs (C(OH)–C–C–N with tert-alkyl or cyclic N) is 1. The Morgan fingerprint density at radius 1 is 1.55 bits per heavy atom. The van der Waals surface area contributed by atoms with Gasteiger partial charge in [0.15, 0.2) is 5.76 Å². The molecule has 0 aromatic carbocycles. The molecule has 0 aliphatic carbocycles. The SMILES string of the molecule is Cc1cc([C@H]2CCCN2C[C@H](O)COCc2ccco2)on1. The number of rotatable bonds is 7. The molecule has 0 saturated carbocycles. The van der Waals surface area contributed by atoms with Crippen LogP contribution in [0, 0.1) is 6.92 Å². The van der Waals surface area contributed by atoms with Crippen LogP contribution >= 0.6 is 0 Å². The minimum atomic E-state index is -0.528. The standard InChI is InChI=1S/C16H22N2O4/c1-12-8-16(22-17-12)15-5-2-6-18(15)9-13(19)10-20-11-14-4-3-7-21-14/h3-4,7-8,13,15,19H,2,5-6,9-11H2,1H3/t13-,15+/m0/s1. The first-order chi connectivity index (χ1) is 10.7. The van der Waals surface area contributed by atoms with Crippen molar-refractivity contribution >= 4 is 0 Å². The maximum atomic E-state index is 10.2. The molecule has 1 fully saturated rings. The third-order valence-corrected chi connectivity index (χ3v) is 3.92. The van der Waals surface area contributed by atoms with Crippen LogP contribution in [0.5, 0.6) is 0 Å². The predicted molar refractivity (Wildman–Crippen MR) is 79.2 cm³/mol. The molecule has 0 bridgehead atoms. The second kappa shape index (κ2) is 7.09. The molecule has 1 aliphatic rings. The number of aryl methyl sites for hydroxylation is 1. The lowest BCUT2D eigenvalue weighted by Crippen LogP contribution is -2.34. The highest BCUT2D eigenvalue weighted by molar-refractivity contribution is 5.09. The van der Waals surface area contributed by atoms with E-state index in [9.17, 15) is 5.11 Å². The first-order valence-electron chi connectivity index (χ1n) is 7.68. The van der Waals surface area contributed by atoms with E-state index in [-0.39, 0.29) is 6.04 Å². The number of hydrogen-bond donors (Lipinski definition) is 1. The van der Waals surface area contributed by atoms with E-state index in [1.807, 2.05) is 25.1 Å². The largest absolute Gasteiger partial charge is 0.467 e. The van der Waals surface area contributed by atoms with Crippen molar-refractivity contribution in [3.63, 3.8) is 0 Å². The number of hydrogen-bond acceptors (Lipinski definition) is 6. The minimum absolute atomic E-state index is 0.209. The molecule has 1 N–H and O–H groups in total. The fourth-order valence-electron chi connectivity index (χ4n) is 2.92. The predicted octanol–water partition coefficient (Wildman–Crippen LogP) is 2.29. The van der Waals surface area contributed by atoms with E-state index < -0.39 is 6.10 Å². The number of aromatic nitrogens is 1. The van der Waals surface area contributed by atoms with Gasteiger partial charge in [-0.3, -0.25) is 4.90 Å². The lowest BCUT2D eigenvalue weighted by Gasteiger charge is -2.24. The summed E-state index contributed by atoms with van der Waals surface area (Å²) in [5.74, 6) is 1.65. The van der Waals surface area contributed by atoms with Crippen LogP contribution in [-0.4, -0.2) is 41.0 Å². The Hall–Kier alpha value is -1.63. The van der Waals surface area contributed by atoms with Crippen molar-refractivity contribution in [3.8, 4) is 0 Å². The molecule has 2 aromatic heterocycles. The average Bonchev–Trinajstić information content (AvgIpc) is 3.20. The third kappa shape index (κ3) is 3.76. The molecule has 2 aromatic rings. The molecule has 2 atom stereocenters. The Kier molecular flexibility index (Phi) is 4.92. The van der Waals surface area contributed by atoms with Gasteiger partial charge in [0.2, 0.25) is 0 Å². The van der Waals surface area contributed by atoms with Crippen molar-refractivity contribution in [1.29, 1.82) is 0 Å². The van der Waals surface area contributed by atoms with Crippen molar-refractivity contribution in [2.75, 3.05) is 19.7 Å². The van der Waals surface area contributed by atoms with Crippen molar-refractivity contribution in [2.45, 2.75) is 38.5 Å². The van der Waals surface area contributed by atoms with Crippen LogP contribution in [0.15, 0.2) is 33.4 Å². The summed E-state index contributed by atoms with van der Waals surface area (Å²) in [6.45, 7) is 4.12. The molecule has 0 radical (unpaired) electrons. The number of likely N-dealkylation sites (tertiary alicyclic amines) is 1. The van der Waals surface area contributed by atoms with Gasteiger partial charge in [0, 0.05) is 12.6 Å². The fraction of sp³-hybridized carbons (Fsp3) is 0.562. The van der Waals surface area contributed by atoms with Crippen LogP contribution in [-0.2, 0) is 11.3 Å². The second-order valence-electron chi connectivity index (χ2n) is 5.77. The van der Waals surface area contributed by atoms with Crippen LogP contribution in [0.4, 0.5) is 0 Å². The summed E-state index contributed by atoms with van der Waals surface area (Å²) in [5.41, 5.74) is 0.893. The van der Waals surface area contributed by atoms with Gasteiger partial charge in [-0.05, 0) is 38.4 Å². The lowest BCUT2D eigenvalue weighted by atomic mass is 10.1. The summed E-state index contributed by atoms with van der Waals surface area (Å²) < 4.78 is 16.1. The number of furan rings is 1. The summed E-state index contributed by atoms with van der Waals surface area (Å²) in [5, 5.41) is 14.1. The number of nitrogens with zero attached hydrogens (tertiary/aromatic N) is 2. The Balaban J connectivity index is 1.46. The van der Waals surface area contributed by atoms with Crippen LogP contribution in [0.3, 0.4) is 0 Å². The topological polar surface area (TPSA) is 71.9 Å². The quantitative estimate of drug-likeness (QED) is 0.846. The fourth-order valence-corrected chi connectivity index (χ4v) is 2.92. The first kappa shape index (κ1) is 15.3. The van der Waals surface area contributed by atoms with Gasteiger partial charge in [0.05, 0.1) is 30.7 Å². The Morgan fingerprint density at radius 2 is 2.45 bits per heavy atom. The van der Waals surface area contributed by atoms with Gasteiger partial charge in [0.1, 0.15) is 12.4 Å². The van der Waals surface area contributed by atoms with Crippen molar-refractivity contribution in [2.24, 2.45) is 0 Å². The number of aliphatic hydroxyl groups is 1. The highest BCUT2D eigenvalue weighted by atomic mass is 16.5. The Bertz CT molecular complexity index is 566. The third-order valence-electron chi connectivity index (χ3n) is 3.92. The van der Waals surface area contributed by atoms with Gasteiger partial charge < -0.3 is 18.8 Å². The summed E-state index contributed by atoms with van der Waals surface area (Å²) in [7, 11) is 0. The monoisotopic (exact) mass is 306 g/mol. The van der Waals surface area contributed by atoms with E-state index in [0.717, 1.165) is 36.6 Å². The van der Waals surface area contributed by atoms with Crippen LogP contribution < -0.4 is 0 Å². The van der Waals surface area contributed by atoms with Crippen LogP contribution in [0.2, 0.25) is 0 Å². The van der Waals surface area contributed by atoms with Gasteiger partial charge >= 0.3 is 0 Å². The normalized spacial score (nSPS) is 20.5. The highest BCUT2D eigenvalue weighted by Crippen LogP contribution is 2.32. The molecule has 3 heterocycles. The molecule has 0 spiro atoms. The summed E-state index contributed by atoms with van der Waals surface area (Å²) in [6, 6.07) is 5.86. The van der Waals surface area contributed by atoms with E-state index in [0.29, 0.717) is 19.8 Å². The number of aliphatic hydroxyl groups excluding tert-OH is 1. The lowest BCUT2D eigenvalue weighted by molar-refractivity contribution is 0.00164. The van der Waals surface area contributed by atoms with Crippen molar-refractivity contribution < 1.29 is 18.8 Å². The van der Waals surface area contributed by atoms with Gasteiger partial charge in [-0.2, -0.15) is 0 Å². The molecule has 0 unspecified atom stereocenters. The molecule has 1 saturated heterocycles. The highest BCUT2D eigenvalue weighted by Gasteiger charge is 2.30. The zero-order chi connectivity index (χ0) is 15.4. The summed E-state index contributed by atoms with van der Waals surface area (Å²) >= 11 is 0. The van der Waals surface area contributed by atoms with Crippen molar-refractivity contribution in [3.05, 3.63) is 41.7 Å². The van der Waals surface area contributed by atoms with Gasteiger partial charge in [-0.15, -0.1) is 0 Å². The van der Waals surface area contributed by atoms with E-state index in [1.165, 1.54) is 0 Å². The van der Waals surface area contributed by atoms with Crippen LogP contribution in [0.25, 0.3) is 0 Å². The maximum absolute atomic E-state index is 10.2. The number of ether oxygens (including phenoxy) is 1. The molecule has 6 heteroatoms.